The molecule has 11 nitrogen and oxygen atoms in total. The Bertz CT molecular complexity index is 1890. The lowest BCUT2D eigenvalue weighted by Crippen LogP contribution is -2.58. The molecular formula is C34H36N6O5S. The van der Waals surface area contributed by atoms with Crippen molar-refractivity contribution in [3.63, 3.8) is 0 Å². The summed E-state index contributed by atoms with van der Waals surface area (Å²) in [5.41, 5.74) is 3.37. The zero-order valence-electron chi connectivity index (χ0n) is 26.3. The van der Waals surface area contributed by atoms with Gasteiger partial charge in [-0.25, -0.2) is 4.98 Å². The number of sulfonamides is 1. The Kier molecular flexibility index (Phi) is 8.46. The van der Waals surface area contributed by atoms with Gasteiger partial charge in [-0.1, -0.05) is 12.1 Å². The van der Waals surface area contributed by atoms with E-state index in [-0.39, 0.29) is 11.6 Å². The van der Waals surface area contributed by atoms with E-state index in [2.05, 4.69) is 31.9 Å². The van der Waals surface area contributed by atoms with E-state index >= 15 is 0 Å². The van der Waals surface area contributed by atoms with Crippen LogP contribution in [0.1, 0.15) is 29.3 Å². The summed E-state index contributed by atoms with van der Waals surface area (Å²) < 4.78 is 47.5. The third-order valence-electron chi connectivity index (χ3n) is 8.71. The Morgan fingerprint density at radius 1 is 0.957 bits per heavy atom. The molecule has 2 aliphatic rings. The minimum absolute atomic E-state index is 0.0366. The quantitative estimate of drug-likeness (QED) is 0.261. The van der Waals surface area contributed by atoms with E-state index in [9.17, 15) is 13.7 Å². The molecular weight excluding hydrogens is 604 g/mol. The summed E-state index contributed by atoms with van der Waals surface area (Å²) in [6.07, 6.45) is 3.21. The minimum atomic E-state index is -4.15. The van der Waals surface area contributed by atoms with Crippen molar-refractivity contribution in [2.75, 3.05) is 62.8 Å². The summed E-state index contributed by atoms with van der Waals surface area (Å²) in [5.74, 6) is 1.53. The zero-order valence-corrected chi connectivity index (χ0v) is 27.1. The molecule has 0 bridgehead atoms. The van der Waals surface area contributed by atoms with Crippen LogP contribution in [0.3, 0.4) is 0 Å². The molecule has 2 aromatic carbocycles. The topological polar surface area (TPSA) is 121 Å². The predicted molar refractivity (Wildman–Crippen MR) is 174 cm³/mol. The lowest BCUT2D eigenvalue weighted by Gasteiger charge is -2.47. The maximum atomic E-state index is 14.4. The highest BCUT2D eigenvalue weighted by molar-refractivity contribution is 7.92. The second-order valence-corrected chi connectivity index (χ2v) is 13.0. The Morgan fingerprint density at radius 2 is 1.76 bits per heavy atom. The summed E-state index contributed by atoms with van der Waals surface area (Å²) in [4.78, 5) is 13.2. The monoisotopic (exact) mass is 640 g/mol. The largest absolute Gasteiger partial charge is 0.495 e. The van der Waals surface area contributed by atoms with Crippen LogP contribution in [0.4, 0.5) is 11.4 Å². The fourth-order valence-electron chi connectivity index (χ4n) is 6.54. The third kappa shape index (κ3) is 5.25. The number of hydrogen-bond acceptors (Lipinski definition) is 10. The van der Waals surface area contributed by atoms with E-state index in [1.54, 1.807) is 31.4 Å². The molecule has 1 atom stereocenters. The van der Waals surface area contributed by atoms with Crippen LogP contribution in [-0.2, 0) is 15.6 Å². The van der Waals surface area contributed by atoms with Gasteiger partial charge in [0.1, 0.15) is 5.75 Å². The molecule has 2 aromatic heterocycles. The van der Waals surface area contributed by atoms with E-state index in [1.165, 1.54) is 23.7 Å². The molecule has 0 saturated carbocycles. The van der Waals surface area contributed by atoms with Gasteiger partial charge in [0.2, 0.25) is 0 Å². The SMILES string of the molecule is CCOc1c(OC)cccc1C1(N2CCN(c3ccnc(C)c3)CC2)CN(S(=O)(=O)c2ccc(OC)cn2)c2ccc(C#N)cc21. The number of methoxy groups -OCH3 is 2. The summed E-state index contributed by atoms with van der Waals surface area (Å²) in [7, 11) is -1.05. The fourth-order valence-corrected chi connectivity index (χ4v) is 7.97. The predicted octanol–water partition coefficient (Wildman–Crippen LogP) is 4.35. The molecule has 12 heteroatoms. The molecule has 4 aromatic rings. The van der Waals surface area contributed by atoms with Crippen LogP contribution in [0, 0.1) is 18.3 Å². The first-order valence-electron chi connectivity index (χ1n) is 15.1. The van der Waals surface area contributed by atoms with E-state index in [1.807, 2.05) is 44.3 Å². The van der Waals surface area contributed by atoms with Crippen molar-refractivity contribution in [2.45, 2.75) is 24.4 Å². The first-order valence-corrected chi connectivity index (χ1v) is 16.5. The van der Waals surface area contributed by atoms with Gasteiger partial charge in [-0.2, -0.15) is 13.7 Å². The molecule has 0 radical (unpaired) electrons. The van der Waals surface area contributed by atoms with Crippen molar-refractivity contribution >= 4 is 21.4 Å². The first kappa shape index (κ1) is 31.1. The molecule has 238 valence electrons. The van der Waals surface area contributed by atoms with E-state index < -0.39 is 15.6 Å². The number of nitrogens with zero attached hydrogens (tertiary/aromatic N) is 6. The number of pyridine rings is 2. The molecule has 0 amide bonds. The fraction of sp³-hybridized carbons (Fsp3) is 0.324. The van der Waals surface area contributed by atoms with Crippen molar-refractivity contribution in [2.24, 2.45) is 0 Å². The van der Waals surface area contributed by atoms with Gasteiger partial charge >= 0.3 is 0 Å². The van der Waals surface area contributed by atoms with Crippen molar-refractivity contribution in [3.05, 3.63) is 95.4 Å². The normalized spacial score (nSPS) is 18.2. The lowest BCUT2D eigenvalue weighted by molar-refractivity contribution is 0.124. The second kappa shape index (κ2) is 12.5. The van der Waals surface area contributed by atoms with Crippen LogP contribution in [0.5, 0.6) is 17.2 Å². The second-order valence-electron chi connectivity index (χ2n) is 11.2. The number of benzene rings is 2. The highest BCUT2D eigenvalue weighted by Gasteiger charge is 2.54. The van der Waals surface area contributed by atoms with E-state index in [0.29, 0.717) is 66.8 Å². The molecule has 4 heterocycles. The summed E-state index contributed by atoms with van der Waals surface area (Å²) in [6, 6.07) is 20.2. The van der Waals surface area contributed by atoms with Gasteiger partial charge in [0, 0.05) is 54.9 Å². The van der Waals surface area contributed by atoms with Crippen LogP contribution in [0.15, 0.2) is 78.1 Å². The summed E-state index contributed by atoms with van der Waals surface area (Å²) in [6.45, 7) is 6.89. The molecule has 46 heavy (non-hydrogen) atoms. The Hall–Kier alpha value is -4.86. The average molecular weight is 641 g/mol. The molecule has 0 aliphatic carbocycles. The Morgan fingerprint density at radius 3 is 2.41 bits per heavy atom. The van der Waals surface area contributed by atoms with Crippen LogP contribution in [-0.4, -0.2) is 76.8 Å². The molecule has 6 rings (SSSR count). The number of ether oxygens (including phenoxy) is 3. The summed E-state index contributed by atoms with van der Waals surface area (Å²) in [5, 5.41) is 9.90. The van der Waals surface area contributed by atoms with Crippen molar-refractivity contribution in [1.82, 2.24) is 14.9 Å². The first-order chi connectivity index (χ1) is 22.3. The van der Waals surface area contributed by atoms with Gasteiger partial charge in [-0.3, -0.25) is 14.2 Å². The van der Waals surface area contributed by atoms with Gasteiger partial charge in [-0.05, 0) is 62.4 Å². The molecule has 0 N–H and O–H groups in total. The zero-order chi connectivity index (χ0) is 32.5. The number of aryl methyl sites for hydroxylation is 1. The number of para-hydroxylation sites is 1. The number of anilines is 2. The standard InChI is InChI=1S/C34H36N6O5S/c1-5-45-33-28(7-6-8-31(33)44-4)34(39-17-15-38(16-18-39)26-13-14-36-24(2)19-26)23-40(30-11-9-25(21-35)20-29(30)34)46(41,42)32-12-10-27(43-3)22-37-32/h6-14,19-20,22H,5,15-18,23H2,1-4H3. The average Bonchev–Trinajstić information content (AvgIpc) is 3.44. The lowest BCUT2D eigenvalue weighted by atomic mass is 9.80. The molecule has 1 unspecified atom stereocenters. The van der Waals surface area contributed by atoms with Crippen molar-refractivity contribution < 1.29 is 22.6 Å². The van der Waals surface area contributed by atoms with Gasteiger partial charge in [-0.15, -0.1) is 0 Å². The Balaban J connectivity index is 1.54. The molecule has 0 spiro atoms. The minimum Gasteiger partial charge on any atom is -0.495 e. The van der Waals surface area contributed by atoms with Crippen molar-refractivity contribution in [1.29, 1.82) is 5.26 Å². The van der Waals surface area contributed by atoms with Crippen LogP contribution in [0.25, 0.3) is 0 Å². The van der Waals surface area contributed by atoms with Gasteiger partial charge in [0.05, 0.1) is 56.4 Å². The highest BCUT2D eigenvalue weighted by Crippen LogP contribution is 2.53. The van der Waals surface area contributed by atoms with Crippen LogP contribution >= 0.6 is 0 Å². The van der Waals surface area contributed by atoms with Crippen LogP contribution < -0.4 is 23.4 Å². The van der Waals surface area contributed by atoms with E-state index in [4.69, 9.17) is 14.2 Å². The summed E-state index contributed by atoms with van der Waals surface area (Å²) >= 11 is 0. The molecule has 1 fully saturated rings. The van der Waals surface area contributed by atoms with Gasteiger partial charge in [0.15, 0.2) is 16.5 Å². The Labute approximate surface area is 269 Å². The smallest absolute Gasteiger partial charge is 0.281 e. The van der Waals surface area contributed by atoms with E-state index in [0.717, 1.165) is 16.9 Å². The number of aromatic nitrogens is 2. The molecule has 1 saturated heterocycles. The maximum Gasteiger partial charge on any atom is 0.281 e. The maximum absolute atomic E-state index is 14.4. The third-order valence-corrected chi connectivity index (χ3v) is 10.4. The number of hydrogen-bond donors (Lipinski definition) is 0. The van der Waals surface area contributed by atoms with Gasteiger partial charge in [0.25, 0.3) is 10.0 Å². The highest BCUT2D eigenvalue weighted by atomic mass is 32.2. The van der Waals surface area contributed by atoms with Crippen LogP contribution in [0.2, 0.25) is 0 Å². The molecule has 2 aliphatic heterocycles. The number of nitriles is 1. The van der Waals surface area contributed by atoms with Gasteiger partial charge < -0.3 is 19.1 Å². The van der Waals surface area contributed by atoms with Crippen molar-refractivity contribution in [3.8, 4) is 23.3 Å². The number of rotatable bonds is 9. The number of piperazine rings is 1. The number of fused-ring (bicyclic) bond motifs is 1.